The maximum Gasteiger partial charge on any atom is 0.319 e. The van der Waals surface area contributed by atoms with E-state index in [1.807, 2.05) is 36.4 Å². The van der Waals surface area contributed by atoms with Gasteiger partial charge in [0.25, 0.3) is 5.91 Å². The molecule has 0 bridgehead atoms. The van der Waals surface area contributed by atoms with E-state index in [0.717, 1.165) is 29.7 Å². The Morgan fingerprint density at radius 1 is 1.20 bits per heavy atom. The molecule has 6 nitrogen and oxygen atoms in total. The second-order valence-electron chi connectivity index (χ2n) is 5.86. The lowest BCUT2D eigenvalue weighted by Gasteiger charge is -2.17. The van der Waals surface area contributed by atoms with Crippen LogP contribution in [0.25, 0.3) is 0 Å². The summed E-state index contributed by atoms with van der Waals surface area (Å²) in [7, 11) is 1.63. The molecule has 0 atom stereocenters. The first-order valence-corrected chi connectivity index (χ1v) is 8.24. The first-order valence-electron chi connectivity index (χ1n) is 8.24. The molecular formula is C19H21N3O3. The van der Waals surface area contributed by atoms with Crippen molar-refractivity contribution >= 4 is 17.6 Å². The molecular weight excluding hydrogens is 318 g/mol. The van der Waals surface area contributed by atoms with E-state index in [-0.39, 0.29) is 11.9 Å². The van der Waals surface area contributed by atoms with E-state index in [2.05, 4.69) is 16.0 Å². The van der Waals surface area contributed by atoms with Crippen molar-refractivity contribution in [2.24, 2.45) is 0 Å². The van der Waals surface area contributed by atoms with Crippen molar-refractivity contribution in [3.63, 3.8) is 0 Å². The number of benzene rings is 2. The van der Waals surface area contributed by atoms with Gasteiger partial charge >= 0.3 is 6.03 Å². The second-order valence-corrected chi connectivity index (χ2v) is 5.86. The van der Waals surface area contributed by atoms with Crippen LogP contribution >= 0.6 is 0 Å². The van der Waals surface area contributed by atoms with Gasteiger partial charge in [-0.15, -0.1) is 0 Å². The molecule has 0 spiro atoms. The molecule has 0 radical (unpaired) electrons. The summed E-state index contributed by atoms with van der Waals surface area (Å²) >= 11 is 0. The summed E-state index contributed by atoms with van der Waals surface area (Å²) in [5.41, 5.74) is 3.36. The average Bonchev–Trinajstić information content (AvgIpc) is 2.63. The predicted molar refractivity (Wildman–Crippen MR) is 96.2 cm³/mol. The van der Waals surface area contributed by atoms with Crippen LogP contribution in [-0.2, 0) is 12.8 Å². The Bertz CT molecular complexity index is 772. The zero-order valence-corrected chi connectivity index (χ0v) is 14.1. The van der Waals surface area contributed by atoms with Crippen LogP contribution in [0.15, 0.2) is 42.5 Å². The van der Waals surface area contributed by atoms with E-state index >= 15 is 0 Å². The van der Waals surface area contributed by atoms with Crippen molar-refractivity contribution in [1.82, 2.24) is 10.6 Å². The monoisotopic (exact) mass is 339 g/mol. The SMILES string of the molecule is COc1ccc(CCNC(=O)Nc2ccc3c(c2)C(=O)NCC3)cc1. The van der Waals surface area contributed by atoms with Crippen LogP contribution in [0, 0.1) is 0 Å². The lowest BCUT2D eigenvalue weighted by Crippen LogP contribution is -2.33. The molecule has 0 fully saturated rings. The third kappa shape index (κ3) is 4.29. The highest BCUT2D eigenvalue weighted by molar-refractivity contribution is 5.99. The molecule has 3 N–H and O–H groups in total. The third-order valence-corrected chi connectivity index (χ3v) is 4.15. The number of hydrogen-bond donors (Lipinski definition) is 3. The number of fused-ring (bicyclic) bond motifs is 1. The molecule has 130 valence electrons. The van der Waals surface area contributed by atoms with Crippen LogP contribution in [0.2, 0.25) is 0 Å². The summed E-state index contributed by atoms with van der Waals surface area (Å²) in [6.45, 7) is 1.17. The lowest BCUT2D eigenvalue weighted by atomic mass is 10.00. The molecule has 6 heteroatoms. The summed E-state index contributed by atoms with van der Waals surface area (Å²) in [4.78, 5) is 23.9. The second kappa shape index (κ2) is 7.70. The number of nitrogens with one attached hydrogen (secondary N) is 3. The number of carbonyl (C=O) groups excluding carboxylic acids is 2. The molecule has 0 saturated heterocycles. The molecule has 2 aromatic carbocycles. The number of carbonyl (C=O) groups is 2. The van der Waals surface area contributed by atoms with E-state index in [0.29, 0.717) is 24.3 Å². The Balaban J connectivity index is 1.50. The molecule has 0 unspecified atom stereocenters. The molecule has 0 aliphatic carbocycles. The fourth-order valence-electron chi connectivity index (χ4n) is 2.78. The van der Waals surface area contributed by atoms with E-state index < -0.39 is 0 Å². The number of amides is 3. The minimum absolute atomic E-state index is 0.0928. The number of hydrogen-bond acceptors (Lipinski definition) is 3. The minimum atomic E-state index is -0.287. The van der Waals surface area contributed by atoms with E-state index in [4.69, 9.17) is 4.74 Å². The number of rotatable bonds is 5. The third-order valence-electron chi connectivity index (χ3n) is 4.15. The van der Waals surface area contributed by atoms with Gasteiger partial charge in [0.05, 0.1) is 7.11 Å². The Kier molecular flexibility index (Phi) is 5.18. The molecule has 0 saturated carbocycles. The van der Waals surface area contributed by atoms with Gasteiger partial charge in [0.1, 0.15) is 5.75 Å². The quantitative estimate of drug-likeness (QED) is 0.782. The summed E-state index contributed by atoms with van der Waals surface area (Å²) < 4.78 is 5.12. The topological polar surface area (TPSA) is 79.5 Å². The summed E-state index contributed by atoms with van der Waals surface area (Å²) in [6, 6.07) is 12.9. The Morgan fingerprint density at radius 2 is 2.00 bits per heavy atom. The highest BCUT2D eigenvalue weighted by atomic mass is 16.5. The van der Waals surface area contributed by atoms with Crippen LogP contribution in [-0.4, -0.2) is 32.1 Å². The van der Waals surface area contributed by atoms with Crippen molar-refractivity contribution in [2.45, 2.75) is 12.8 Å². The van der Waals surface area contributed by atoms with Crippen LogP contribution in [0.4, 0.5) is 10.5 Å². The molecule has 3 rings (SSSR count). The fourth-order valence-corrected chi connectivity index (χ4v) is 2.78. The Hall–Kier alpha value is -3.02. The molecule has 1 heterocycles. The van der Waals surface area contributed by atoms with Crippen molar-refractivity contribution < 1.29 is 14.3 Å². The van der Waals surface area contributed by atoms with Gasteiger partial charge in [-0.2, -0.15) is 0 Å². The molecule has 1 aliphatic heterocycles. The van der Waals surface area contributed by atoms with Gasteiger partial charge in [0.2, 0.25) is 0 Å². The zero-order valence-electron chi connectivity index (χ0n) is 14.1. The van der Waals surface area contributed by atoms with Gasteiger partial charge in [-0.1, -0.05) is 18.2 Å². The first kappa shape index (κ1) is 16.8. The molecule has 0 aromatic heterocycles. The highest BCUT2D eigenvalue weighted by Gasteiger charge is 2.17. The summed E-state index contributed by atoms with van der Waals surface area (Å²) in [5.74, 6) is 0.718. The van der Waals surface area contributed by atoms with Crippen LogP contribution in [0.3, 0.4) is 0 Å². The van der Waals surface area contributed by atoms with E-state index in [1.54, 1.807) is 13.2 Å². The summed E-state index contributed by atoms with van der Waals surface area (Å²) in [5, 5.41) is 8.39. The molecule has 3 amide bonds. The maximum absolute atomic E-state index is 12.0. The summed E-state index contributed by atoms with van der Waals surface area (Å²) in [6.07, 6.45) is 1.54. The molecule has 25 heavy (non-hydrogen) atoms. The number of ether oxygens (including phenoxy) is 1. The Labute approximate surface area is 146 Å². The van der Waals surface area contributed by atoms with Gasteiger partial charge < -0.3 is 20.7 Å². The van der Waals surface area contributed by atoms with Crippen LogP contribution < -0.4 is 20.7 Å². The fraction of sp³-hybridized carbons (Fsp3) is 0.263. The van der Waals surface area contributed by atoms with Gasteiger partial charge in [-0.05, 0) is 48.2 Å². The van der Waals surface area contributed by atoms with Crippen molar-refractivity contribution in [2.75, 3.05) is 25.5 Å². The van der Waals surface area contributed by atoms with Gasteiger partial charge in [0.15, 0.2) is 0 Å². The van der Waals surface area contributed by atoms with Crippen LogP contribution in [0.1, 0.15) is 21.5 Å². The molecule has 2 aromatic rings. The van der Waals surface area contributed by atoms with Crippen molar-refractivity contribution in [3.8, 4) is 5.75 Å². The maximum atomic E-state index is 12.0. The number of anilines is 1. The number of methoxy groups -OCH3 is 1. The van der Waals surface area contributed by atoms with Gasteiger partial charge in [-0.3, -0.25) is 4.79 Å². The van der Waals surface area contributed by atoms with E-state index in [9.17, 15) is 9.59 Å². The van der Waals surface area contributed by atoms with Crippen molar-refractivity contribution in [3.05, 3.63) is 59.2 Å². The normalized spacial score (nSPS) is 12.8. The minimum Gasteiger partial charge on any atom is -0.497 e. The first-order chi connectivity index (χ1) is 12.2. The van der Waals surface area contributed by atoms with Crippen molar-refractivity contribution in [1.29, 1.82) is 0 Å². The Morgan fingerprint density at radius 3 is 2.76 bits per heavy atom. The molecule has 1 aliphatic rings. The predicted octanol–water partition coefficient (Wildman–Crippen LogP) is 2.35. The average molecular weight is 339 g/mol. The zero-order chi connectivity index (χ0) is 17.6. The van der Waals surface area contributed by atoms with Gasteiger partial charge in [-0.25, -0.2) is 4.79 Å². The number of urea groups is 1. The van der Waals surface area contributed by atoms with Crippen LogP contribution in [0.5, 0.6) is 5.75 Å². The van der Waals surface area contributed by atoms with Gasteiger partial charge in [0, 0.05) is 24.3 Å². The highest BCUT2D eigenvalue weighted by Crippen LogP contribution is 2.19. The smallest absolute Gasteiger partial charge is 0.319 e. The largest absolute Gasteiger partial charge is 0.497 e. The standard InChI is InChI=1S/C19H21N3O3/c1-25-16-6-2-13(3-7-16)8-10-21-19(24)22-15-5-4-14-9-11-20-18(23)17(14)12-15/h2-7,12H,8-11H2,1H3,(H,20,23)(H2,21,22,24). The van der Waals surface area contributed by atoms with E-state index in [1.165, 1.54) is 0 Å². The lowest BCUT2D eigenvalue weighted by molar-refractivity contribution is 0.0946.